The predicted octanol–water partition coefficient (Wildman–Crippen LogP) is 2.29. The van der Waals surface area contributed by atoms with Crippen molar-refractivity contribution in [2.45, 2.75) is 44.8 Å². The summed E-state index contributed by atoms with van der Waals surface area (Å²) in [5.74, 6) is 3.24. The fraction of sp³-hybridized carbons (Fsp3) is 1.00. The largest absolute Gasteiger partial charge is 0.375 e. The van der Waals surface area contributed by atoms with Crippen LogP contribution in [0.3, 0.4) is 0 Å². The van der Waals surface area contributed by atoms with Gasteiger partial charge in [0, 0.05) is 17.5 Å². The highest BCUT2D eigenvalue weighted by Crippen LogP contribution is 2.31. The molecule has 1 N–H and O–H groups in total. The second-order valence-electron chi connectivity index (χ2n) is 4.61. The van der Waals surface area contributed by atoms with Crippen LogP contribution in [0.15, 0.2) is 0 Å². The maximum Gasteiger partial charge on any atom is 0.0821 e. The van der Waals surface area contributed by atoms with Gasteiger partial charge in [0.1, 0.15) is 0 Å². The number of thioether (sulfide) groups is 1. The molecule has 0 aromatic rings. The van der Waals surface area contributed by atoms with Crippen LogP contribution in [0.5, 0.6) is 0 Å². The second-order valence-corrected chi connectivity index (χ2v) is 5.76. The summed E-state index contributed by atoms with van der Waals surface area (Å²) >= 11 is 2.05. The van der Waals surface area contributed by atoms with E-state index in [0.717, 1.165) is 19.1 Å². The zero-order valence-corrected chi connectivity index (χ0v) is 10.5. The molecule has 0 radical (unpaired) electrons. The predicted molar refractivity (Wildman–Crippen MR) is 66.5 cm³/mol. The van der Waals surface area contributed by atoms with E-state index >= 15 is 0 Å². The monoisotopic (exact) mass is 229 g/mol. The molecule has 1 saturated carbocycles. The Morgan fingerprint density at radius 1 is 1.40 bits per heavy atom. The second kappa shape index (κ2) is 6.12. The van der Waals surface area contributed by atoms with Gasteiger partial charge in [-0.05, 0) is 25.3 Å². The van der Waals surface area contributed by atoms with E-state index in [2.05, 4.69) is 24.0 Å². The summed E-state index contributed by atoms with van der Waals surface area (Å²) < 4.78 is 5.92. The molecule has 0 bridgehead atoms. The smallest absolute Gasteiger partial charge is 0.0821 e. The Morgan fingerprint density at radius 2 is 2.20 bits per heavy atom. The average Bonchev–Trinajstić information content (AvgIpc) is 2.80. The van der Waals surface area contributed by atoms with E-state index in [0.29, 0.717) is 12.1 Å². The van der Waals surface area contributed by atoms with Gasteiger partial charge in [-0.3, -0.25) is 0 Å². The molecule has 1 aliphatic carbocycles. The maximum atomic E-state index is 5.92. The van der Waals surface area contributed by atoms with E-state index < -0.39 is 0 Å². The Labute approximate surface area is 97.5 Å². The van der Waals surface area contributed by atoms with E-state index in [4.69, 9.17) is 4.74 Å². The highest BCUT2D eigenvalue weighted by atomic mass is 32.2. The fourth-order valence-electron chi connectivity index (χ4n) is 2.87. The normalized spacial score (nSPS) is 30.6. The quantitative estimate of drug-likeness (QED) is 0.799. The van der Waals surface area contributed by atoms with Crippen molar-refractivity contribution in [3.63, 3.8) is 0 Å². The minimum Gasteiger partial charge on any atom is -0.375 e. The molecule has 0 amide bonds. The minimum atomic E-state index is 0.465. The van der Waals surface area contributed by atoms with Gasteiger partial charge in [-0.1, -0.05) is 19.8 Å². The Balaban J connectivity index is 1.90. The number of ether oxygens (including phenoxy) is 1. The first-order chi connectivity index (χ1) is 7.42. The van der Waals surface area contributed by atoms with Crippen LogP contribution in [0.4, 0.5) is 0 Å². The van der Waals surface area contributed by atoms with Gasteiger partial charge in [-0.2, -0.15) is 11.8 Å². The number of likely N-dealkylation sites (N-methyl/N-ethyl adjacent to an activating group) is 1. The number of hydrogen-bond donors (Lipinski definition) is 1. The summed E-state index contributed by atoms with van der Waals surface area (Å²) in [6, 6.07) is 0.616. The van der Waals surface area contributed by atoms with Gasteiger partial charge in [0.25, 0.3) is 0 Å². The third kappa shape index (κ3) is 3.11. The molecular weight excluding hydrogens is 206 g/mol. The van der Waals surface area contributed by atoms with Crippen LogP contribution in [0.2, 0.25) is 0 Å². The molecule has 1 heterocycles. The van der Waals surface area contributed by atoms with Crippen LogP contribution in [-0.4, -0.2) is 36.8 Å². The van der Waals surface area contributed by atoms with E-state index in [9.17, 15) is 0 Å². The summed E-state index contributed by atoms with van der Waals surface area (Å²) in [5.41, 5.74) is 0. The lowest BCUT2D eigenvalue weighted by molar-refractivity contribution is 0.0309. The standard InChI is InChI=1S/C12H23NOS/c1-2-13-12(10-5-3-4-6-10)11-9-15-8-7-14-11/h10-13H,2-9H2,1H3. The third-order valence-corrected chi connectivity index (χ3v) is 4.61. The summed E-state index contributed by atoms with van der Waals surface area (Å²) in [5, 5.41) is 3.66. The first kappa shape index (κ1) is 11.7. The molecule has 0 aromatic heterocycles. The van der Waals surface area contributed by atoms with Crippen LogP contribution >= 0.6 is 11.8 Å². The molecule has 0 spiro atoms. The van der Waals surface area contributed by atoms with Crippen LogP contribution in [-0.2, 0) is 4.74 Å². The van der Waals surface area contributed by atoms with Crippen molar-refractivity contribution in [1.29, 1.82) is 0 Å². The Hall–Kier alpha value is 0.270. The number of hydrogen-bond acceptors (Lipinski definition) is 3. The van der Waals surface area contributed by atoms with Gasteiger partial charge in [-0.25, -0.2) is 0 Å². The molecule has 15 heavy (non-hydrogen) atoms. The summed E-state index contributed by atoms with van der Waals surface area (Å²) in [6.45, 7) is 4.23. The van der Waals surface area contributed by atoms with Crippen LogP contribution in [0.25, 0.3) is 0 Å². The van der Waals surface area contributed by atoms with Crippen molar-refractivity contribution in [2.75, 3.05) is 24.7 Å². The van der Waals surface area contributed by atoms with Crippen LogP contribution < -0.4 is 5.32 Å². The van der Waals surface area contributed by atoms with Crippen molar-refractivity contribution in [2.24, 2.45) is 5.92 Å². The molecule has 2 aliphatic rings. The highest BCUT2D eigenvalue weighted by Gasteiger charge is 2.32. The Kier molecular flexibility index (Phi) is 4.79. The lowest BCUT2D eigenvalue weighted by Gasteiger charge is -2.34. The zero-order chi connectivity index (χ0) is 10.5. The topological polar surface area (TPSA) is 21.3 Å². The molecule has 88 valence electrons. The van der Waals surface area contributed by atoms with Gasteiger partial charge < -0.3 is 10.1 Å². The molecule has 1 saturated heterocycles. The molecule has 0 aromatic carbocycles. The van der Waals surface area contributed by atoms with E-state index in [-0.39, 0.29) is 0 Å². The Bertz CT molecular complexity index is 176. The maximum absolute atomic E-state index is 5.92. The number of rotatable bonds is 4. The van der Waals surface area contributed by atoms with E-state index in [1.54, 1.807) is 0 Å². The SMILES string of the molecule is CCNC(C1CCCC1)C1CSCCO1. The van der Waals surface area contributed by atoms with Crippen molar-refractivity contribution < 1.29 is 4.74 Å². The van der Waals surface area contributed by atoms with Gasteiger partial charge in [0.05, 0.1) is 12.7 Å². The summed E-state index contributed by atoms with van der Waals surface area (Å²) in [6.07, 6.45) is 6.12. The van der Waals surface area contributed by atoms with Crippen LogP contribution in [0, 0.1) is 5.92 Å². The molecule has 2 fully saturated rings. The molecule has 1 aliphatic heterocycles. The van der Waals surface area contributed by atoms with Crippen molar-refractivity contribution >= 4 is 11.8 Å². The van der Waals surface area contributed by atoms with Gasteiger partial charge in [0.15, 0.2) is 0 Å². The van der Waals surface area contributed by atoms with Gasteiger partial charge in [-0.15, -0.1) is 0 Å². The molecule has 3 heteroatoms. The average molecular weight is 229 g/mol. The van der Waals surface area contributed by atoms with Gasteiger partial charge >= 0.3 is 0 Å². The summed E-state index contributed by atoms with van der Waals surface area (Å²) in [7, 11) is 0. The van der Waals surface area contributed by atoms with Gasteiger partial charge in [0.2, 0.25) is 0 Å². The van der Waals surface area contributed by atoms with Crippen molar-refractivity contribution in [3.05, 3.63) is 0 Å². The summed E-state index contributed by atoms with van der Waals surface area (Å²) in [4.78, 5) is 0. The fourth-order valence-corrected chi connectivity index (χ4v) is 3.78. The third-order valence-electron chi connectivity index (χ3n) is 3.59. The number of nitrogens with one attached hydrogen (secondary N) is 1. The Morgan fingerprint density at radius 3 is 2.80 bits per heavy atom. The molecule has 2 nitrogen and oxygen atoms in total. The van der Waals surface area contributed by atoms with Crippen molar-refractivity contribution in [3.8, 4) is 0 Å². The van der Waals surface area contributed by atoms with E-state index in [1.165, 1.54) is 37.2 Å². The minimum absolute atomic E-state index is 0.465. The van der Waals surface area contributed by atoms with E-state index in [1.807, 2.05) is 0 Å². The molecular formula is C12H23NOS. The molecule has 2 rings (SSSR count). The zero-order valence-electron chi connectivity index (χ0n) is 9.71. The van der Waals surface area contributed by atoms with Crippen molar-refractivity contribution in [1.82, 2.24) is 5.32 Å². The molecule has 2 unspecified atom stereocenters. The highest BCUT2D eigenvalue weighted by molar-refractivity contribution is 7.99. The first-order valence-corrected chi connectivity index (χ1v) is 7.50. The lowest BCUT2D eigenvalue weighted by Crippen LogP contribution is -2.48. The first-order valence-electron chi connectivity index (χ1n) is 6.34. The molecule has 2 atom stereocenters. The lowest BCUT2D eigenvalue weighted by atomic mass is 9.94. The van der Waals surface area contributed by atoms with Crippen LogP contribution in [0.1, 0.15) is 32.6 Å².